The van der Waals surface area contributed by atoms with Crippen molar-refractivity contribution in [3.8, 4) is 0 Å². The van der Waals surface area contributed by atoms with Crippen molar-refractivity contribution >= 4 is 29.6 Å². The average Bonchev–Trinajstić information content (AvgIpc) is 3.65. The van der Waals surface area contributed by atoms with Gasteiger partial charge in [0.1, 0.15) is 12.1 Å². The number of likely N-dealkylation sites (N-methyl/N-ethyl adjacent to an activating group) is 1. The fraction of sp³-hybridized carbons (Fsp3) is 0.659. The minimum atomic E-state index is -1.15. The molecule has 0 saturated carbocycles. The van der Waals surface area contributed by atoms with Crippen molar-refractivity contribution in [3.05, 3.63) is 53.9 Å². The van der Waals surface area contributed by atoms with Crippen LogP contribution in [0, 0.1) is 17.8 Å². The van der Waals surface area contributed by atoms with Gasteiger partial charge in [-0.25, -0.2) is 14.8 Å². The SMILES string of the molecule is CC[C@H](C)[C@@H]([C@@H](CC(=O)N1CCC[C@H]1[C@H](OC)[C@@H](C)C(=O)NC(C(=O)O)C(C)c1ccccc1)OC)N(C)C(=O)[C@@H](Nc1nccc(C(C)C)n1)C(C)C. The molecule has 0 radical (unpaired) electrons. The van der Waals surface area contributed by atoms with Crippen LogP contribution >= 0.6 is 0 Å². The number of methoxy groups -OCH3 is 2. The summed E-state index contributed by atoms with van der Waals surface area (Å²) in [6, 6.07) is 8.46. The third-order valence-corrected chi connectivity index (χ3v) is 11.1. The van der Waals surface area contributed by atoms with Gasteiger partial charge < -0.3 is 35.0 Å². The Morgan fingerprint density at radius 3 is 2.20 bits per heavy atom. The minimum Gasteiger partial charge on any atom is -0.480 e. The molecule has 1 aliphatic heterocycles. The predicted molar refractivity (Wildman–Crippen MR) is 209 cm³/mol. The summed E-state index contributed by atoms with van der Waals surface area (Å²) in [5.74, 6) is -2.63. The third-order valence-electron chi connectivity index (χ3n) is 11.1. The third kappa shape index (κ3) is 11.0. The number of hydrogen-bond acceptors (Lipinski definition) is 9. The highest BCUT2D eigenvalue weighted by atomic mass is 16.5. The molecule has 0 aliphatic carbocycles. The predicted octanol–water partition coefficient (Wildman–Crippen LogP) is 5.33. The molecule has 1 saturated heterocycles. The van der Waals surface area contributed by atoms with E-state index >= 15 is 0 Å². The van der Waals surface area contributed by atoms with E-state index in [1.807, 2.05) is 50.2 Å². The number of carboxylic acid groups (broad SMARTS) is 1. The molecule has 3 N–H and O–H groups in total. The van der Waals surface area contributed by atoms with Crippen LogP contribution in [0.5, 0.6) is 0 Å². The van der Waals surface area contributed by atoms with Crippen LogP contribution in [-0.2, 0) is 28.7 Å². The highest BCUT2D eigenvalue weighted by Gasteiger charge is 2.43. The second-order valence-corrected chi connectivity index (χ2v) is 15.4. The van der Waals surface area contributed by atoms with Gasteiger partial charge in [-0.1, -0.05) is 92.1 Å². The largest absolute Gasteiger partial charge is 0.480 e. The van der Waals surface area contributed by atoms with Gasteiger partial charge in [-0.2, -0.15) is 0 Å². The summed E-state index contributed by atoms with van der Waals surface area (Å²) in [6.07, 6.45) is 2.51. The number of ether oxygens (including phenoxy) is 2. The van der Waals surface area contributed by atoms with Crippen LogP contribution in [-0.4, -0.2) is 113 Å². The summed E-state index contributed by atoms with van der Waals surface area (Å²) in [5.41, 5.74) is 1.67. The lowest BCUT2D eigenvalue weighted by Crippen LogP contribution is -2.56. The second kappa shape index (κ2) is 20.5. The number of carboxylic acids is 1. The van der Waals surface area contributed by atoms with Gasteiger partial charge in [0.25, 0.3) is 0 Å². The smallest absolute Gasteiger partial charge is 0.326 e. The standard InChI is InChI=1S/C41H64N6O7/c1-12-26(6)36(46(9)39(50)34(25(4)5)45-41-42-21-20-30(43-41)24(2)3)32(53-10)23-33(48)47-22-16-19-31(47)37(54-11)28(8)38(49)44-35(40(51)52)27(7)29-17-14-13-15-18-29/h13-15,17-18,20-21,24-28,31-32,34-37H,12,16,19,22-23H2,1-11H3,(H,44,49)(H,51,52)(H,42,43,45)/t26-,27?,28+,31-,32+,34-,35?,36-,37+/m0/s1. The highest BCUT2D eigenvalue weighted by molar-refractivity contribution is 5.86. The number of amides is 3. The Morgan fingerprint density at radius 1 is 0.981 bits per heavy atom. The summed E-state index contributed by atoms with van der Waals surface area (Å²) in [7, 11) is 4.84. The number of nitrogens with zero attached hydrogens (tertiary/aromatic N) is 4. The van der Waals surface area contributed by atoms with E-state index in [1.165, 1.54) is 7.11 Å². The fourth-order valence-corrected chi connectivity index (χ4v) is 7.58. The van der Waals surface area contributed by atoms with E-state index in [0.717, 1.165) is 24.1 Å². The molecule has 9 atom stereocenters. The van der Waals surface area contributed by atoms with Crippen molar-refractivity contribution in [2.24, 2.45) is 17.8 Å². The van der Waals surface area contributed by atoms with Crippen LogP contribution in [0.4, 0.5) is 5.95 Å². The quantitative estimate of drug-likeness (QED) is 0.161. The first-order chi connectivity index (χ1) is 25.6. The Kier molecular flexibility index (Phi) is 16.9. The number of aromatic nitrogens is 2. The number of hydrogen-bond donors (Lipinski definition) is 3. The molecule has 1 aromatic heterocycles. The molecule has 1 aliphatic rings. The van der Waals surface area contributed by atoms with Crippen LogP contribution in [0.1, 0.15) is 104 Å². The Morgan fingerprint density at radius 2 is 1.65 bits per heavy atom. The van der Waals surface area contributed by atoms with Crippen molar-refractivity contribution in [1.82, 2.24) is 25.1 Å². The monoisotopic (exact) mass is 752 g/mol. The molecule has 2 unspecified atom stereocenters. The van der Waals surface area contributed by atoms with E-state index in [-0.39, 0.29) is 36.0 Å². The van der Waals surface area contributed by atoms with E-state index in [2.05, 4.69) is 48.3 Å². The van der Waals surface area contributed by atoms with E-state index in [9.17, 15) is 24.3 Å². The summed E-state index contributed by atoms with van der Waals surface area (Å²) < 4.78 is 11.9. The molecule has 3 rings (SSSR count). The Hall–Kier alpha value is -4.10. The molecule has 0 bridgehead atoms. The molecule has 0 spiro atoms. The summed E-state index contributed by atoms with van der Waals surface area (Å²) in [6.45, 7) is 16.1. The van der Waals surface area contributed by atoms with Crippen LogP contribution in [0.3, 0.4) is 0 Å². The molecule has 1 fully saturated rings. The summed E-state index contributed by atoms with van der Waals surface area (Å²) in [4.78, 5) is 66.9. The first kappa shape index (κ1) is 44.3. The van der Waals surface area contributed by atoms with Crippen LogP contribution in [0.15, 0.2) is 42.6 Å². The average molecular weight is 753 g/mol. The normalized spacial score (nSPS) is 19.0. The number of carbonyl (C=O) groups is 4. The van der Waals surface area contributed by atoms with Gasteiger partial charge in [-0.15, -0.1) is 0 Å². The molecule has 2 aromatic rings. The lowest BCUT2D eigenvalue weighted by atomic mass is 9.89. The van der Waals surface area contributed by atoms with E-state index in [1.54, 1.807) is 44.0 Å². The minimum absolute atomic E-state index is 0.00435. The summed E-state index contributed by atoms with van der Waals surface area (Å²) >= 11 is 0. The Labute approximate surface area is 322 Å². The first-order valence-electron chi connectivity index (χ1n) is 19.4. The van der Waals surface area contributed by atoms with Crippen molar-refractivity contribution < 1.29 is 33.8 Å². The molecule has 2 heterocycles. The van der Waals surface area contributed by atoms with Gasteiger partial charge >= 0.3 is 5.97 Å². The van der Waals surface area contributed by atoms with Crippen LogP contribution in [0.2, 0.25) is 0 Å². The maximum Gasteiger partial charge on any atom is 0.326 e. The van der Waals surface area contributed by atoms with Gasteiger partial charge in [0.15, 0.2) is 0 Å². The van der Waals surface area contributed by atoms with Gasteiger partial charge in [-0.3, -0.25) is 14.4 Å². The van der Waals surface area contributed by atoms with Gasteiger partial charge in [-0.05, 0) is 42.2 Å². The zero-order valence-corrected chi connectivity index (χ0v) is 34.1. The number of benzene rings is 1. The lowest BCUT2D eigenvalue weighted by Gasteiger charge is -2.40. The molecular weight excluding hydrogens is 688 g/mol. The molecule has 13 nitrogen and oxygen atoms in total. The Balaban J connectivity index is 1.79. The van der Waals surface area contributed by atoms with Crippen LogP contribution < -0.4 is 10.6 Å². The zero-order valence-electron chi connectivity index (χ0n) is 34.1. The van der Waals surface area contributed by atoms with Crippen molar-refractivity contribution in [2.75, 3.05) is 33.1 Å². The second-order valence-electron chi connectivity index (χ2n) is 15.4. The van der Waals surface area contributed by atoms with Gasteiger partial charge in [0.2, 0.25) is 23.7 Å². The number of anilines is 1. The van der Waals surface area contributed by atoms with Crippen molar-refractivity contribution in [3.63, 3.8) is 0 Å². The maximum atomic E-state index is 14.3. The van der Waals surface area contributed by atoms with E-state index in [0.29, 0.717) is 18.9 Å². The number of likely N-dealkylation sites (tertiary alicyclic amines) is 1. The Bertz CT molecular complexity index is 1520. The zero-order chi connectivity index (χ0) is 40.3. The van der Waals surface area contributed by atoms with Crippen molar-refractivity contribution in [1.29, 1.82) is 0 Å². The molecule has 300 valence electrons. The van der Waals surface area contributed by atoms with Crippen molar-refractivity contribution in [2.45, 2.75) is 129 Å². The molecule has 3 amide bonds. The van der Waals surface area contributed by atoms with Gasteiger partial charge in [0.05, 0.1) is 36.6 Å². The summed E-state index contributed by atoms with van der Waals surface area (Å²) in [5, 5.41) is 16.1. The highest BCUT2D eigenvalue weighted by Crippen LogP contribution is 2.30. The van der Waals surface area contributed by atoms with Crippen LogP contribution in [0.25, 0.3) is 0 Å². The van der Waals surface area contributed by atoms with Gasteiger partial charge in [0, 0.05) is 45.6 Å². The number of rotatable bonds is 20. The maximum absolute atomic E-state index is 14.3. The molecule has 54 heavy (non-hydrogen) atoms. The number of carbonyl (C=O) groups excluding carboxylic acids is 3. The first-order valence-corrected chi connectivity index (χ1v) is 19.4. The number of aliphatic carboxylic acids is 1. The van der Waals surface area contributed by atoms with E-state index in [4.69, 9.17) is 9.47 Å². The van der Waals surface area contributed by atoms with E-state index < -0.39 is 60.1 Å². The fourth-order valence-electron chi connectivity index (χ4n) is 7.58. The molecular formula is C41H64N6O7. The molecule has 13 heteroatoms. The lowest BCUT2D eigenvalue weighted by molar-refractivity contribution is -0.147. The molecule has 1 aromatic carbocycles. The topological polar surface area (TPSA) is 163 Å². The number of nitrogens with one attached hydrogen (secondary N) is 2.